The van der Waals surface area contributed by atoms with Crippen LogP contribution < -0.4 is 0 Å². The summed E-state index contributed by atoms with van der Waals surface area (Å²) in [6.07, 6.45) is 38.3. The molecular formula is C30H62. The predicted octanol–water partition coefficient (Wildman–Crippen LogP) is 11.8. The van der Waals surface area contributed by atoms with Gasteiger partial charge in [0.05, 0.1) is 0 Å². The molecule has 0 heterocycles. The van der Waals surface area contributed by atoms with Gasteiger partial charge < -0.3 is 0 Å². The summed E-state index contributed by atoms with van der Waals surface area (Å²) in [6.45, 7) is 7.09. The van der Waals surface area contributed by atoms with Gasteiger partial charge in [0.15, 0.2) is 0 Å². The van der Waals surface area contributed by atoms with Crippen molar-refractivity contribution in [1.29, 1.82) is 0 Å². The highest BCUT2D eigenvalue weighted by Gasteiger charge is 2.02. The molecule has 0 aliphatic heterocycles. The van der Waals surface area contributed by atoms with E-state index in [2.05, 4.69) is 20.8 Å². The molecule has 0 nitrogen and oxygen atoms in total. The highest BCUT2D eigenvalue weighted by Crippen LogP contribution is 2.19. The zero-order valence-electron chi connectivity index (χ0n) is 22.0. The van der Waals surface area contributed by atoms with E-state index in [4.69, 9.17) is 0 Å². The second-order valence-electron chi connectivity index (χ2n) is 10.5. The molecule has 0 aromatic rings. The quantitative estimate of drug-likeness (QED) is 0.122. The fourth-order valence-corrected chi connectivity index (χ4v) is 4.81. The van der Waals surface area contributed by atoms with Crippen molar-refractivity contribution in [1.82, 2.24) is 0 Å². The highest BCUT2D eigenvalue weighted by atomic mass is 14.1. The Balaban J connectivity index is 3.06. The van der Waals surface area contributed by atoms with E-state index in [1.54, 1.807) is 0 Å². The van der Waals surface area contributed by atoms with E-state index < -0.39 is 0 Å². The predicted molar refractivity (Wildman–Crippen MR) is 141 cm³/mol. The van der Waals surface area contributed by atoms with Crippen molar-refractivity contribution in [3.63, 3.8) is 0 Å². The molecule has 0 heteroatoms. The molecule has 30 heavy (non-hydrogen) atoms. The Bertz CT molecular complexity index is 282. The summed E-state index contributed by atoms with van der Waals surface area (Å²) < 4.78 is 0. The van der Waals surface area contributed by atoms with Gasteiger partial charge in [-0.1, -0.05) is 188 Å². The fourth-order valence-electron chi connectivity index (χ4n) is 4.81. The van der Waals surface area contributed by atoms with E-state index in [1.165, 1.54) is 167 Å². The van der Waals surface area contributed by atoms with Crippen LogP contribution in [0.1, 0.15) is 188 Å². The fraction of sp³-hybridized carbons (Fsp3) is 1.00. The highest BCUT2D eigenvalue weighted by molar-refractivity contribution is 4.56. The van der Waals surface area contributed by atoms with Crippen LogP contribution in [-0.2, 0) is 0 Å². The van der Waals surface area contributed by atoms with Crippen molar-refractivity contribution in [3.05, 3.63) is 0 Å². The minimum atomic E-state index is 0.970. The molecule has 0 saturated carbocycles. The number of rotatable bonds is 26. The van der Waals surface area contributed by atoms with E-state index >= 15 is 0 Å². The summed E-state index contributed by atoms with van der Waals surface area (Å²) in [6, 6.07) is 0. The van der Waals surface area contributed by atoms with Gasteiger partial charge in [0, 0.05) is 0 Å². The average Bonchev–Trinajstić information content (AvgIpc) is 2.75. The first-order valence-electron chi connectivity index (χ1n) is 14.8. The summed E-state index contributed by atoms with van der Waals surface area (Å²) in [5.41, 5.74) is 0. The first-order valence-corrected chi connectivity index (χ1v) is 14.8. The van der Waals surface area contributed by atoms with E-state index in [1.807, 2.05) is 0 Å². The SMILES string of the molecule is CCCCCCCCCCCCCCCCCCCCCC[C@@H](C)CCCCCC. The molecule has 0 spiro atoms. The molecular weight excluding hydrogens is 360 g/mol. The maximum Gasteiger partial charge on any atom is -0.0443 e. The lowest BCUT2D eigenvalue weighted by Crippen LogP contribution is -1.95. The average molecular weight is 423 g/mol. The van der Waals surface area contributed by atoms with Crippen LogP contribution in [0.5, 0.6) is 0 Å². The standard InChI is InChI=1S/C30H62/c1-4-6-8-10-11-12-13-14-15-16-17-18-19-20-21-22-23-24-25-27-29-30(3)28-26-9-7-5-2/h30H,4-29H2,1-3H3/t30-/m0/s1. The van der Waals surface area contributed by atoms with Gasteiger partial charge in [-0.3, -0.25) is 0 Å². The third-order valence-electron chi connectivity index (χ3n) is 7.10. The van der Waals surface area contributed by atoms with Crippen molar-refractivity contribution in [2.45, 2.75) is 188 Å². The molecule has 0 N–H and O–H groups in total. The molecule has 0 aromatic carbocycles. The third-order valence-corrected chi connectivity index (χ3v) is 7.10. The van der Waals surface area contributed by atoms with Gasteiger partial charge in [-0.2, -0.15) is 0 Å². The van der Waals surface area contributed by atoms with Crippen LogP contribution in [0.2, 0.25) is 0 Å². The van der Waals surface area contributed by atoms with Gasteiger partial charge in [-0.25, -0.2) is 0 Å². The second-order valence-corrected chi connectivity index (χ2v) is 10.5. The molecule has 0 aromatic heterocycles. The molecule has 1 atom stereocenters. The van der Waals surface area contributed by atoms with Crippen LogP contribution in [0.3, 0.4) is 0 Å². The molecule has 0 unspecified atom stereocenters. The Kier molecular flexibility index (Phi) is 27.0. The molecule has 0 aliphatic rings. The van der Waals surface area contributed by atoms with Gasteiger partial charge in [-0.15, -0.1) is 0 Å². The molecule has 0 rings (SSSR count). The minimum Gasteiger partial charge on any atom is -0.0654 e. The Labute approximate surface area is 193 Å². The van der Waals surface area contributed by atoms with Gasteiger partial charge in [0.2, 0.25) is 0 Å². The first kappa shape index (κ1) is 30.0. The van der Waals surface area contributed by atoms with Crippen LogP contribution in [0.25, 0.3) is 0 Å². The van der Waals surface area contributed by atoms with Crippen LogP contribution in [0.15, 0.2) is 0 Å². The number of hydrogen-bond acceptors (Lipinski definition) is 0. The van der Waals surface area contributed by atoms with E-state index in [-0.39, 0.29) is 0 Å². The van der Waals surface area contributed by atoms with Crippen molar-refractivity contribution < 1.29 is 0 Å². The Morgan fingerprint density at radius 3 is 0.767 bits per heavy atom. The van der Waals surface area contributed by atoms with Gasteiger partial charge in [0.1, 0.15) is 0 Å². The molecule has 0 radical (unpaired) electrons. The molecule has 0 aliphatic carbocycles. The van der Waals surface area contributed by atoms with E-state index in [0.717, 1.165) is 5.92 Å². The largest absolute Gasteiger partial charge is 0.0654 e. The summed E-state index contributed by atoms with van der Waals surface area (Å²) in [4.78, 5) is 0. The van der Waals surface area contributed by atoms with Gasteiger partial charge in [-0.05, 0) is 5.92 Å². The minimum absolute atomic E-state index is 0.970. The lowest BCUT2D eigenvalue weighted by molar-refractivity contribution is 0.433. The van der Waals surface area contributed by atoms with Crippen LogP contribution in [-0.4, -0.2) is 0 Å². The van der Waals surface area contributed by atoms with Crippen molar-refractivity contribution in [2.75, 3.05) is 0 Å². The second kappa shape index (κ2) is 27.0. The van der Waals surface area contributed by atoms with Gasteiger partial charge in [0.25, 0.3) is 0 Å². The molecule has 0 amide bonds. The molecule has 0 saturated heterocycles. The lowest BCUT2D eigenvalue weighted by Gasteiger charge is -2.10. The van der Waals surface area contributed by atoms with E-state index in [9.17, 15) is 0 Å². The third kappa shape index (κ3) is 26.0. The maximum atomic E-state index is 2.47. The summed E-state index contributed by atoms with van der Waals surface area (Å²) in [5.74, 6) is 0.970. The Morgan fingerprint density at radius 1 is 0.300 bits per heavy atom. The zero-order chi connectivity index (χ0) is 22.0. The summed E-state index contributed by atoms with van der Waals surface area (Å²) in [7, 11) is 0. The Hall–Kier alpha value is 0. The van der Waals surface area contributed by atoms with E-state index in [0.29, 0.717) is 0 Å². The maximum absolute atomic E-state index is 2.47. The topological polar surface area (TPSA) is 0 Å². The summed E-state index contributed by atoms with van der Waals surface area (Å²) >= 11 is 0. The smallest absolute Gasteiger partial charge is 0.0443 e. The molecule has 0 fully saturated rings. The van der Waals surface area contributed by atoms with Crippen molar-refractivity contribution >= 4 is 0 Å². The van der Waals surface area contributed by atoms with Gasteiger partial charge >= 0.3 is 0 Å². The van der Waals surface area contributed by atoms with Crippen molar-refractivity contribution in [3.8, 4) is 0 Å². The lowest BCUT2D eigenvalue weighted by atomic mass is 9.96. The van der Waals surface area contributed by atoms with Crippen LogP contribution in [0, 0.1) is 5.92 Å². The van der Waals surface area contributed by atoms with Crippen LogP contribution in [0.4, 0.5) is 0 Å². The zero-order valence-corrected chi connectivity index (χ0v) is 22.0. The van der Waals surface area contributed by atoms with Crippen molar-refractivity contribution in [2.24, 2.45) is 5.92 Å². The Morgan fingerprint density at radius 2 is 0.500 bits per heavy atom. The summed E-state index contributed by atoms with van der Waals surface area (Å²) in [5, 5.41) is 0. The number of unbranched alkanes of at least 4 members (excludes halogenated alkanes) is 22. The van der Waals surface area contributed by atoms with Crippen LogP contribution >= 0.6 is 0 Å². The molecule has 182 valence electrons. The number of hydrogen-bond donors (Lipinski definition) is 0. The normalized spacial score (nSPS) is 12.5. The molecule has 0 bridgehead atoms. The first-order chi connectivity index (χ1) is 14.8. The monoisotopic (exact) mass is 422 g/mol.